The van der Waals surface area contributed by atoms with Gasteiger partial charge < -0.3 is 4.43 Å². The topological polar surface area (TPSA) is 9.23 Å². The number of allylic oxidation sites excluding steroid dienone is 2. The van der Waals surface area contributed by atoms with Gasteiger partial charge >= 0.3 is 0 Å². The molecule has 1 atom stereocenters. The molecule has 0 aromatic rings. The Bertz CT molecular complexity index is 141. The van der Waals surface area contributed by atoms with Crippen molar-refractivity contribution in [2.75, 3.05) is 7.11 Å². The Morgan fingerprint density at radius 2 is 2.00 bits per heavy atom. The van der Waals surface area contributed by atoms with Crippen molar-refractivity contribution in [3.05, 3.63) is 12.2 Å². The molecule has 1 nitrogen and oxygen atoms in total. The zero-order valence-electron chi connectivity index (χ0n) is 9.05. The van der Waals surface area contributed by atoms with Crippen LogP contribution in [0.5, 0.6) is 0 Å². The van der Waals surface area contributed by atoms with Crippen LogP contribution in [-0.4, -0.2) is 15.4 Å². The first-order valence-corrected chi connectivity index (χ1v) is 7.69. The molecule has 0 aromatic carbocycles. The van der Waals surface area contributed by atoms with Crippen molar-refractivity contribution in [2.24, 2.45) is 0 Å². The van der Waals surface area contributed by atoms with E-state index < -0.39 is 8.32 Å². The minimum Gasteiger partial charge on any atom is -0.420 e. The van der Waals surface area contributed by atoms with Crippen molar-refractivity contribution < 1.29 is 4.43 Å². The molecule has 0 heterocycles. The fourth-order valence-corrected chi connectivity index (χ4v) is 2.33. The van der Waals surface area contributed by atoms with Crippen LogP contribution in [0.25, 0.3) is 0 Å². The Hall–Kier alpha value is -0.0831. The van der Waals surface area contributed by atoms with Crippen LogP contribution in [0.15, 0.2) is 12.2 Å². The fourth-order valence-electron chi connectivity index (χ4n) is 1.06. The van der Waals surface area contributed by atoms with Crippen molar-refractivity contribution >= 4 is 8.32 Å². The zero-order chi connectivity index (χ0) is 9.61. The summed E-state index contributed by atoms with van der Waals surface area (Å²) in [7, 11) is 0.481. The van der Waals surface area contributed by atoms with E-state index in [0.29, 0.717) is 0 Å². The van der Waals surface area contributed by atoms with E-state index in [0.717, 1.165) is 5.54 Å². The Morgan fingerprint density at radius 3 is 2.42 bits per heavy atom. The second kappa shape index (κ2) is 5.54. The molecular formula is C10H22OSi. The first-order valence-electron chi connectivity index (χ1n) is 4.71. The molecule has 0 aliphatic carbocycles. The van der Waals surface area contributed by atoms with E-state index in [1.165, 1.54) is 12.8 Å². The lowest BCUT2D eigenvalue weighted by Crippen LogP contribution is -2.33. The highest BCUT2D eigenvalue weighted by Crippen LogP contribution is 2.26. The van der Waals surface area contributed by atoms with Crippen LogP contribution in [-0.2, 0) is 4.43 Å². The Balaban J connectivity index is 3.78. The summed E-state index contributed by atoms with van der Waals surface area (Å²) in [6.45, 7) is 8.95. The lowest BCUT2D eigenvalue weighted by Gasteiger charge is -2.27. The van der Waals surface area contributed by atoms with Gasteiger partial charge in [0.15, 0.2) is 8.32 Å². The van der Waals surface area contributed by atoms with Gasteiger partial charge in [0.2, 0.25) is 0 Å². The summed E-state index contributed by atoms with van der Waals surface area (Å²) in [6, 6.07) is 0. The van der Waals surface area contributed by atoms with Gasteiger partial charge in [0.25, 0.3) is 0 Å². The van der Waals surface area contributed by atoms with E-state index in [-0.39, 0.29) is 0 Å². The second-order valence-electron chi connectivity index (χ2n) is 3.86. The van der Waals surface area contributed by atoms with E-state index in [9.17, 15) is 0 Å². The first-order chi connectivity index (χ1) is 5.54. The van der Waals surface area contributed by atoms with Crippen molar-refractivity contribution in [3.63, 3.8) is 0 Å². The van der Waals surface area contributed by atoms with E-state index in [2.05, 4.69) is 39.1 Å². The third-order valence-corrected chi connectivity index (χ3v) is 6.43. The first kappa shape index (κ1) is 11.9. The van der Waals surface area contributed by atoms with Crippen molar-refractivity contribution in [3.8, 4) is 0 Å². The molecule has 0 saturated carbocycles. The molecule has 0 aromatic heterocycles. The third kappa shape index (κ3) is 4.07. The molecular weight excluding hydrogens is 164 g/mol. The van der Waals surface area contributed by atoms with Gasteiger partial charge in [-0.25, -0.2) is 0 Å². The molecule has 0 radical (unpaired) electrons. The van der Waals surface area contributed by atoms with E-state index >= 15 is 0 Å². The minimum atomic E-state index is -1.36. The molecule has 0 rings (SSSR count). The van der Waals surface area contributed by atoms with Crippen LogP contribution < -0.4 is 0 Å². The van der Waals surface area contributed by atoms with Gasteiger partial charge in [0, 0.05) is 7.11 Å². The van der Waals surface area contributed by atoms with Gasteiger partial charge in [-0.05, 0) is 38.4 Å². The number of rotatable bonds is 5. The quantitative estimate of drug-likeness (QED) is 0.471. The van der Waals surface area contributed by atoms with E-state index in [4.69, 9.17) is 4.43 Å². The summed E-state index contributed by atoms with van der Waals surface area (Å²) in [4.78, 5) is 0. The lowest BCUT2D eigenvalue weighted by molar-refractivity contribution is 0.389. The van der Waals surface area contributed by atoms with Crippen LogP contribution in [0.2, 0.25) is 18.6 Å². The fraction of sp³-hybridized carbons (Fsp3) is 0.800. The van der Waals surface area contributed by atoms with Crippen molar-refractivity contribution in [1.29, 1.82) is 0 Å². The molecule has 0 bridgehead atoms. The average Bonchev–Trinajstić information content (AvgIpc) is 2.05. The smallest absolute Gasteiger partial charge is 0.188 e. The predicted octanol–water partition coefficient (Wildman–Crippen LogP) is 3.58. The summed E-state index contributed by atoms with van der Waals surface area (Å²) in [6.07, 6.45) is 6.81. The maximum absolute atomic E-state index is 5.54. The monoisotopic (exact) mass is 186 g/mol. The van der Waals surface area contributed by atoms with Crippen LogP contribution in [0.1, 0.15) is 26.7 Å². The summed E-state index contributed by atoms with van der Waals surface area (Å²) in [5.41, 5.74) is 0.749. The Morgan fingerprint density at radius 1 is 1.42 bits per heavy atom. The van der Waals surface area contributed by atoms with Gasteiger partial charge in [-0.15, -0.1) is 0 Å². The Kier molecular flexibility index (Phi) is 5.50. The molecule has 0 saturated heterocycles. The van der Waals surface area contributed by atoms with E-state index in [1.807, 2.05) is 7.11 Å². The number of hydrogen-bond acceptors (Lipinski definition) is 1. The number of hydrogen-bond donors (Lipinski definition) is 0. The highest BCUT2D eigenvalue weighted by molar-refractivity contribution is 6.72. The van der Waals surface area contributed by atoms with Crippen molar-refractivity contribution in [1.82, 2.24) is 0 Å². The Labute approximate surface area is 78.0 Å². The van der Waals surface area contributed by atoms with Gasteiger partial charge in [0.05, 0.1) is 0 Å². The minimum absolute atomic E-state index is 0.749. The standard InChI is InChI=1S/C10H22OSi/c1-6-7-8-9-10(2)12(4,5)11-3/h6-7,10H,8-9H2,1-5H3. The normalized spacial score (nSPS) is 15.4. The van der Waals surface area contributed by atoms with Gasteiger partial charge in [-0.3, -0.25) is 0 Å². The highest BCUT2D eigenvalue weighted by Gasteiger charge is 2.27. The molecule has 0 aliphatic rings. The maximum atomic E-state index is 5.54. The maximum Gasteiger partial charge on any atom is 0.188 e. The van der Waals surface area contributed by atoms with Gasteiger partial charge in [0.1, 0.15) is 0 Å². The molecule has 0 amide bonds. The predicted molar refractivity (Wildman–Crippen MR) is 58.0 cm³/mol. The average molecular weight is 186 g/mol. The summed E-state index contributed by atoms with van der Waals surface area (Å²) in [5, 5.41) is 0. The van der Waals surface area contributed by atoms with Gasteiger partial charge in [-0.2, -0.15) is 0 Å². The van der Waals surface area contributed by atoms with E-state index in [1.54, 1.807) is 0 Å². The highest BCUT2D eigenvalue weighted by atomic mass is 28.4. The largest absolute Gasteiger partial charge is 0.420 e. The van der Waals surface area contributed by atoms with Crippen molar-refractivity contribution in [2.45, 2.75) is 45.3 Å². The van der Waals surface area contributed by atoms with Crippen LogP contribution >= 0.6 is 0 Å². The van der Waals surface area contributed by atoms with Crippen LogP contribution in [0, 0.1) is 0 Å². The zero-order valence-corrected chi connectivity index (χ0v) is 10.1. The summed E-state index contributed by atoms with van der Waals surface area (Å²) in [5.74, 6) is 0. The molecule has 0 spiro atoms. The molecule has 0 N–H and O–H groups in total. The van der Waals surface area contributed by atoms with Gasteiger partial charge in [-0.1, -0.05) is 19.1 Å². The second-order valence-corrected chi connectivity index (χ2v) is 8.46. The summed E-state index contributed by atoms with van der Waals surface area (Å²) >= 11 is 0. The SMILES string of the molecule is CC=CCCC(C)[Si](C)(C)OC. The molecule has 2 heteroatoms. The van der Waals surface area contributed by atoms with Crippen LogP contribution in [0.3, 0.4) is 0 Å². The molecule has 72 valence electrons. The molecule has 1 unspecified atom stereocenters. The van der Waals surface area contributed by atoms with Crippen LogP contribution in [0.4, 0.5) is 0 Å². The molecule has 0 fully saturated rings. The third-order valence-electron chi connectivity index (χ3n) is 2.71. The lowest BCUT2D eigenvalue weighted by atomic mass is 10.2. The molecule has 0 aliphatic heterocycles. The summed E-state index contributed by atoms with van der Waals surface area (Å²) < 4.78 is 5.54. The molecule has 12 heavy (non-hydrogen) atoms.